The fourth-order valence-corrected chi connectivity index (χ4v) is 2.17. The van der Waals surface area contributed by atoms with Crippen molar-refractivity contribution in [2.75, 3.05) is 23.4 Å². The molecule has 0 saturated heterocycles. The van der Waals surface area contributed by atoms with Crippen LogP contribution in [0, 0.1) is 0 Å². The molecule has 0 bridgehead atoms. The summed E-state index contributed by atoms with van der Waals surface area (Å²) in [6.45, 7) is 5.63. The molecule has 0 radical (unpaired) electrons. The summed E-state index contributed by atoms with van der Waals surface area (Å²) in [7, 11) is 2.17. The first-order valence-electron chi connectivity index (χ1n) is 5.34. The Morgan fingerprint density at radius 2 is 1.86 bits per heavy atom. The minimum absolute atomic E-state index is 0.493. The van der Waals surface area contributed by atoms with Crippen molar-refractivity contribution in [2.24, 2.45) is 0 Å². The van der Waals surface area contributed by atoms with E-state index in [1.807, 2.05) is 0 Å². The smallest absolute Gasteiger partial charge is 0.0985 e. The van der Waals surface area contributed by atoms with Gasteiger partial charge in [0.25, 0.3) is 0 Å². The largest absolute Gasteiger partial charge is 0.353 e. The van der Waals surface area contributed by atoms with E-state index in [1.165, 1.54) is 17.8 Å². The number of anilines is 2. The highest BCUT2D eigenvalue weighted by atomic mass is 15.4. The average Bonchev–Trinajstić information content (AvgIpc) is 2.45. The number of hydrogen-bond acceptors (Lipinski definition) is 2. The summed E-state index contributed by atoms with van der Waals surface area (Å²) in [5.41, 5.74) is 2.73. The molecule has 0 saturated carbocycles. The SMILES string of the molecule is CCCN1c2ccccc2N(C)C1C. The van der Waals surface area contributed by atoms with Crippen LogP contribution in [-0.2, 0) is 0 Å². The molecule has 2 heteroatoms. The average molecular weight is 190 g/mol. The van der Waals surface area contributed by atoms with E-state index in [9.17, 15) is 0 Å². The van der Waals surface area contributed by atoms with Crippen molar-refractivity contribution < 1.29 is 0 Å². The van der Waals surface area contributed by atoms with Gasteiger partial charge in [0.1, 0.15) is 0 Å². The van der Waals surface area contributed by atoms with Crippen molar-refractivity contribution >= 4 is 11.4 Å². The topological polar surface area (TPSA) is 6.48 Å². The van der Waals surface area contributed by atoms with Crippen LogP contribution >= 0.6 is 0 Å². The van der Waals surface area contributed by atoms with Gasteiger partial charge >= 0.3 is 0 Å². The van der Waals surface area contributed by atoms with Gasteiger partial charge in [-0.05, 0) is 25.5 Å². The minimum Gasteiger partial charge on any atom is -0.353 e. The van der Waals surface area contributed by atoms with Crippen LogP contribution in [0.3, 0.4) is 0 Å². The van der Waals surface area contributed by atoms with Crippen LogP contribution in [0.25, 0.3) is 0 Å². The summed E-state index contributed by atoms with van der Waals surface area (Å²) >= 11 is 0. The number of rotatable bonds is 2. The first-order chi connectivity index (χ1) is 6.75. The Morgan fingerprint density at radius 1 is 1.21 bits per heavy atom. The fourth-order valence-electron chi connectivity index (χ4n) is 2.17. The van der Waals surface area contributed by atoms with Crippen molar-refractivity contribution in [3.8, 4) is 0 Å². The predicted molar refractivity (Wildman–Crippen MR) is 61.9 cm³/mol. The molecule has 1 aromatic carbocycles. The number of benzene rings is 1. The molecule has 0 aromatic heterocycles. The lowest BCUT2D eigenvalue weighted by Crippen LogP contribution is -2.39. The summed E-state index contributed by atoms with van der Waals surface area (Å²) in [6, 6.07) is 8.64. The molecule has 0 aliphatic carbocycles. The maximum Gasteiger partial charge on any atom is 0.0985 e. The van der Waals surface area contributed by atoms with Gasteiger partial charge in [0, 0.05) is 13.6 Å². The molecule has 1 aromatic rings. The molecule has 2 nitrogen and oxygen atoms in total. The molecule has 76 valence electrons. The summed E-state index contributed by atoms with van der Waals surface area (Å²) < 4.78 is 0. The van der Waals surface area contributed by atoms with Gasteiger partial charge in [0.05, 0.1) is 17.5 Å². The van der Waals surface area contributed by atoms with Crippen molar-refractivity contribution in [2.45, 2.75) is 26.4 Å². The van der Waals surface area contributed by atoms with Crippen molar-refractivity contribution in [1.82, 2.24) is 0 Å². The first kappa shape index (κ1) is 9.38. The number of hydrogen-bond donors (Lipinski definition) is 0. The zero-order chi connectivity index (χ0) is 10.1. The molecule has 0 N–H and O–H groups in total. The van der Waals surface area contributed by atoms with Gasteiger partial charge in [-0.15, -0.1) is 0 Å². The van der Waals surface area contributed by atoms with Crippen molar-refractivity contribution in [3.63, 3.8) is 0 Å². The van der Waals surface area contributed by atoms with Crippen LogP contribution in [-0.4, -0.2) is 19.8 Å². The van der Waals surface area contributed by atoms with Crippen LogP contribution in [0.5, 0.6) is 0 Å². The summed E-state index contributed by atoms with van der Waals surface area (Å²) in [4.78, 5) is 4.81. The Labute approximate surface area is 86.1 Å². The first-order valence-corrected chi connectivity index (χ1v) is 5.34. The van der Waals surface area contributed by atoms with E-state index in [0.717, 1.165) is 6.54 Å². The van der Waals surface area contributed by atoms with Crippen LogP contribution in [0.15, 0.2) is 24.3 Å². The Kier molecular flexibility index (Phi) is 2.36. The molecule has 1 aliphatic heterocycles. The molecule has 1 heterocycles. The summed E-state index contributed by atoms with van der Waals surface area (Å²) in [6.07, 6.45) is 1.69. The molecule has 0 fully saturated rings. The minimum atomic E-state index is 0.493. The second-order valence-electron chi connectivity index (χ2n) is 3.92. The van der Waals surface area contributed by atoms with Crippen LogP contribution in [0.2, 0.25) is 0 Å². The quantitative estimate of drug-likeness (QED) is 0.707. The normalized spacial score (nSPS) is 20.1. The molecule has 14 heavy (non-hydrogen) atoms. The van der Waals surface area contributed by atoms with Crippen LogP contribution in [0.1, 0.15) is 20.3 Å². The highest BCUT2D eigenvalue weighted by molar-refractivity contribution is 5.76. The summed E-state index contributed by atoms with van der Waals surface area (Å²) in [5, 5.41) is 0. The van der Waals surface area contributed by atoms with Gasteiger partial charge < -0.3 is 9.80 Å². The molecule has 2 rings (SSSR count). The highest BCUT2D eigenvalue weighted by Gasteiger charge is 2.28. The van der Waals surface area contributed by atoms with Gasteiger partial charge in [-0.2, -0.15) is 0 Å². The van der Waals surface area contributed by atoms with E-state index in [4.69, 9.17) is 0 Å². The number of fused-ring (bicyclic) bond motifs is 1. The second kappa shape index (κ2) is 3.52. The standard InChI is InChI=1S/C12H18N2/c1-4-9-14-10(2)13(3)11-7-5-6-8-12(11)14/h5-8,10H,4,9H2,1-3H3. The Hall–Kier alpha value is -1.18. The third kappa shape index (κ3) is 1.26. The van der Waals surface area contributed by atoms with E-state index >= 15 is 0 Å². The zero-order valence-corrected chi connectivity index (χ0v) is 9.20. The van der Waals surface area contributed by atoms with Gasteiger partial charge in [0.2, 0.25) is 0 Å². The van der Waals surface area contributed by atoms with Gasteiger partial charge in [-0.1, -0.05) is 19.1 Å². The monoisotopic (exact) mass is 190 g/mol. The number of para-hydroxylation sites is 2. The maximum absolute atomic E-state index is 2.47. The second-order valence-corrected chi connectivity index (χ2v) is 3.92. The Morgan fingerprint density at radius 3 is 2.50 bits per heavy atom. The molecule has 1 aliphatic rings. The van der Waals surface area contributed by atoms with E-state index in [1.54, 1.807) is 0 Å². The third-order valence-electron chi connectivity index (χ3n) is 3.05. The van der Waals surface area contributed by atoms with E-state index in [0.29, 0.717) is 6.17 Å². The van der Waals surface area contributed by atoms with E-state index in [-0.39, 0.29) is 0 Å². The summed E-state index contributed by atoms with van der Waals surface area (Å²) in [5.74, 6) is 0. The lowest BCUT2D eigenvalue weighted by Gasteiger charge is -2.27. The maximum atomic E-state index is 2.47. The van der Waals surface area contributed by atoms with E-state index < -0.39 is 0 Å². The van der Waals surface area contributed by atoms with Crippen LogP contribution in [0.4, 0.5) is 11.4 Å². The molecule has 0 spiro atoms. The van der Waals surface area contributed by atoms with E-state index in [2.05, 4.69) is 55.0 Å². The zero-order valence-electron chi connectivity index (χ0n) is 9.20. The van der Waals surface area contributed by atoms with Gasteiger partial charge in [-0.3, -0.25) is 0 Å². The highest BCUT2D eigenvalue weighted by Crippen LogP contribution is 2.37. The third-order valence-corrected chi connectivity index (χ3v) is 3.05. The molecular formula is C12H18N2. The lowest BCUT2D eigenvalue weighted by atomic mass is 10.2. The van der Waals surface area contributed by atoms with Gasteiger partial charge in [0.15, 0.2) is 0 Å². The van der Waals surface area contributed by atoms with Crippen molar-refractivity contribution in [1.29, 1.82) is 0 Å². The van der Waals surface area contributed by atoms with Gasteiger partial charge in [-0.25, -0.2) is 0 Å². The molecule has 1 unspecified atom stereocenters. The Bertz CT molecular complexity index is 322. The number of nitrogens with zero attached hydrogens (tertiary/aromatic N) is 2. The fraction of sp³-hybridized carbons (Fsp3) is 0.500. The van der Waals surface area contributed by atoms with Crippen LogP contribution < -0.4 is 9.80 Å². The molecular weight excluding hydrogens is 172 g/mol. The Balaban J connectivity index is 2.37. The molecule has 1 atom stereocenters. The predicted octanol–water partition coefficient (Wildman–Crippen LogP) is 2.70. The van der Waals surface area contributed by atoms with Crippen molar-refractivity contribution in [3.05, 3.63) is 24.3 Å². The molecule has 0 amide bonds. The lowest BCUT2D eigenvalue weighted by molar-refractivity contribution is 0.649.